The second-order valence-electron chi connectivity index (χ2n) is 4.14. The van der Waals surface area contributed by atoms with E-state index in [0.29, 0.717) is 5.69 Å². The Labute approximate surface area is 113 Å². The summed E-state index contributed by atoms with van der Waals surface area (Å²) in [5, 5.41) is 2.85. The number of nitrogens with one attached hydrogen (secondary N) is 1. The molecule has 2 rings (SSSR count). The molecule has 1 aromatic heterocycles. The molecule has 0 atom stereocenters. The van der Waals surface area contributed by atoms with Crippen molar-refractivity contribution in [2.45, 2.75) is 19.5 Å². The molecule has 4 nitrogen and oxygen atoms in total. The number of nitrogens with zero attached hydrogens (tertiary/aromatic N) is 2. The van der Waals surface area contributed by atoms with Crippen molar-refractivity contribution >= 4 is 17.3 Å². The maximum atomic E-state index is 12.6. The maximum Gasteiger partial charge on any atom is 0.451 e. The molecule has 0 unspecified atom stereocenters. The molecule has 106 valence electrons. The fourth-order valence-electron chi connectivity index (χ4n) is 1.75. The molecule has 0 amide bonds. The number of benzene rings is 1. The molecule has 0 spiro atoms. The zero-order chi connectivity index (χ0) is 14.8. The molecular weight excluding hydrogens is 269 g/mol. The molecule has 20 heavy (non-hydrogen) atoms. The predicted octanol–water partition coefficient (Wildman–Crippen LogP) is 3.38. The van der Waals surface area contributed by atoms with Gasteiger partial charge in [0.2, 0.25) is 5.82 Å². The van der Waals surface area contributed by atoms with Gasteiger partial charge in [-0.15, -0.1) is 0 Å². The van der Waals surface area contributed by atoms with Crippen molar-refractivity contribution in [3.63, 3.8) is 0 Å². The van der Waals surface area contributed by atoms with Crippen molar-refractivity contribution in [3.05, 3.63) is 41.7 Å². The zero-order valence-corrected chi connectivity index (χ0v) is 10.7. The van der Waals surface area contributed by atoms with Crippen LogP contribution in [0.25, 0.3) is 0 Å². The molecule has 0 saturated heterocycles. The number of para-hydroxylation sites is 1. The van der Waals surface area contributed by atoms with Gasteiger partial charge in [0.25, 0.3) is 0 Å². The topological polar surface area (TPSA) is 63.8 Å². The first kappa shape index (κ1) is 14.1. The lowest BCUT2D eigenvalue weighted by Crippen LogP contribution is -2.13. The molecule has 2 aromatic rings. The van der Waals surface area contributed by atoms with Crippen molar-refractivity contribution in [3.8, 4) is 0 Å². The summed E-state index contributed by atoms with van der Waals surface area (Å²) in [5.41, 5.74) is 7.06. The fraction of sp³-hybridized carbons (Fsp3) is 0.231. The lowest BCUT2D eigenvalue weighted by Gasteiger charge is -2.12. The van der Waals surface area contributed by atoms with Gasteiger partial charge in [0, 0.05) is 11.8 Å². The highest BCUT2D eigenvalue weighted by atomic mass is 19.4. The molecule has 0 aliphatic heterocycles. The number of hydrogen-bond donors (Lipinski definition) is 2. The smallest absolute Gasteiger partial charge is 0.384 e. The normalized spacial score (nSPS) is 11.4. The first-order valence-corrected chi connectivity index (χ1v) is 5.97. The van der Waals surface area contributed by atoms with Gasteiger partial charge in [0.15, 0.2) is 0 Å². The van der Waals surface area contributed by atoms with E-state index in [9.17, 15) is 13.2 Å². The first-order valence-electron chi connectivity index (χ1n) is 5.97. The van der Waals surface area contributed by atoms with Gasteiger partial charge in [0.05, 0.1) is 0 Å². The van der Waals surface area contributed by atoms with Gasteiger partial charge in [-0.25, -0.2) is 9.97 Å². The molecule has 1 heterocycles. The molecular formula is C13H13F3N4. The van der Waals surface area contributed by atoms with Crippen LogP contribution in [0.4, 0.5) is 30.5 Å². The monoisotopic (exact) mass is 282 g/mol. The average molecular weight is 282 g/mol. The second-order valence-corrected chi connectivity index (χ2v) is 4.14. The van der Waals surface area contributed by atoms with E-state index in [0.717, 1.165) is 12.0 Å². The summed E-state index contributed by atoms with van der Waals surface area (Å²) < 4.78 is 37.9. The minimum Gasteiger partial charge on any atom is -0.384 e. The Balaban J connectivity index is 2.36. The van der Waals surface area contributed by atoms with Crippen molar-refractivity contribution in [1.29, 1.82) is 0 Å². The first-order chi connectivity index (χ1) is 9.40. The zero-order valence-electron chi connectivity index (χ0n) is 10.7. The predicted molar refractivity (Wildman–Crippen MR) is 70.5 cm³/mol. The Kier molecular flexibility index (Phi) is 3.78. The van der Waals surface area contributed by atoms with Crippen LogP contribution in [0.15, 0.2) is 30.3 Å². The summed E-state index contributed by atoms with van der Waals surface area (Å²) in [6, 6.07) is 8.57. The number of aromatic nitrogens is 2. The quantitative estimate of drug-likeness (QED) is 0.905. The molecule has 0 saturated carbocycles. The van der Waals surface area contributed by atoms with Gasteiger partial charge in [0.1, 0.15) is 11.6 Å². The van der Waals surface area contributed by atoms with Gasteiger partial charge in [-0.1, -0.05) is 25.1 Å². The third-order valence-electron chi connectivity index (χ3n) is 2.66. The number of rotatable bonds is 3. The second kappa shape index (κ2) is 5.36. The SMILES string of the molecule is CCc1ccccc1Nc1cc(N)nc(C(F)(F)F)n1. The van der Waals surface area contributed by atoms with Crippen LogP contribution in [0.2, 0.25) is 0 Å². The lowest BCUT2D eigenvalue weighted by atomic mass is 10.1. The minimum absolute atomic E-state index is 0.0192. The van der Waals surface area contributed by atoms with Crippen LogP contribution in [0, 0.1) is 0 Å². The number of aryl methyl sites for hydroxylation is 1. The molecule has 0 aliphatic rings. The Morgan fingerprint density at radius 3 is 2.55 bits per heavy atom. The fourth-order valence-corrected chi connectivity index (χ4v) is 1.75. The van der Waals surface area contributed by atoms with Crippen LogP contribution in [0.3, 0.4) is 0 Å². The highest BCUT2D eigenvalue weighted by Crippen LogP contribution is 2.29. The number of halogens is 3. The largest absolute Gasteiger partial charge is 0.451 e. The van der Waals surface area contributed by atoms with Gasteiger partial charge in [-0.3, -0.25) is 0 Å². The molecule has 3 N–H and O–H groups in total. The maximum absolute atomic E-state index is 12.6. The Morgan fingerprint density at radius 1 is 1.20 bits per heavy atom. The Morgan fingerprint density at radius 2 is 1.90 bits per heavy atom. The van der Waals surface area contributed by atoms with E-state index >= 15 is 0 Å². The molecule has 1 aromatic carbocycles. The van der Waals surface area contributed by atoms with Crippen molar-refractivity contribution < 1.29 is 13.2 Å². The van der Waals surface area contributed by atoms with Crippen LogP contribution in [0.5, 0.6) is 0 Å². The van der Waals surface area contributed by atoms with E-state index in [1.807, 2.05) is 19.1 Å². The highest BCUT2D eigenvalue weighted by molar-refractivity contribution is 5.62. The van der Waals surface area contributed by atoms with Crippen molar-refractivity contribution in [2.24, 2.45) is 0 Å². The van der Waals surface area contributed by atoms with Gasteiger partial charge in [-0.05, 0) is 18.1 Å². The van der Waals surface area contributed by atoms with Crippen LogP contribution in [0.1, 0.15) is 18.3 Å². The molecule has 0 bridgehead atoms. The third kappa shape index (κ3) is 3.17. The molecule has 0 fully saturated rings. The van der Waals surface area contributed by atoms with E-state index in [1.165, 1.54) is 6.07 Å². The number of hydrogen-bond acceptors (Lipinski definition) is 4. The molecule has 0 aliphatic carbocycles. The minimum atomic E-state index is -4.63. The standard InChI is InChI=1S/C13H13F3N4/c1-2-8-5-3-4-6-9(8)18-11-7-10(17)19-12(20-11)13(14,15)16/h3-7H,2H2,1H3,(H3,17,18,19,20). The number of anilines is 3. The number of nitrogen functional groups attached to an aromatic ring is 1. The van der Waals surface area contributed by atoms with Crippen LogP contribution < -0.4 is 11.1 Å². The Bertz CT molecular complexity index is 611. The van der Waals surface area contributed by atoms with E-state index in [1.54, 1.807) is 12.1 Å². The van der Waals surface area contributed by atoms with E-state index < -0.39 is 12.0 Å². The summed E-state index contributed by atoms with van der Waals surface area (Å²) in [5.74, 6) is -1.47. The van der Waals surface area contributed by atoms with Gasteiger partial charge in [-0.2, -0.15) is 13.2 Å². The summed E-state index contributed by atoms with van der Waals surface area (Å²) in [7, 11) is 0. The number of nitrogens with two attached hydrogens (primary N) is 1. The van der Waals surface area contributed by atoms with E-state index in [2.05, 4.69) is 15.3 Å². The summed E-state index contributed by atoms with van der Waals surface area (Å²) in [6.45, 7) is 1.95. The molecule has 7 heteroatoms. The summed E-state index contributed by atoms with van der Waals surface area (Å²) in [6.07, 6.45) is -3.88. The van der Waals surface area contributed by atoms with Crippen molar-refractivity contribution in [1.82, 2.24) is 9.97 Å². The van der Waals surface area contributed by atoms with Gasteiger partial charge >= 0.3 is 6.18 Å². The third-order valence-corrected chi connectivity index (χ3v) is 2.66. The van der Waals surface area contributed by atoms with E-state index in [4.69, 9.17) is 5.73 Å². The van der Waals surface area contributed by atoms with E-state index in [-0.39, 0.29) is 11.6 Å². The van der Waals surface area contributed by atoms with Gasteiger partial charge < -0.3 is 11.1 Å². The van der Waals surface area contributed by atoms with Crippen LogP contribution in [-0.4, -0.2) is 9.97 Å². The van der Waals surface area contributed by atoms with Crippen molar-refractivity contribution in [2.75, 3.05) is 11.1 Å². The number of alkyl halides is 3. The summed E-state index contributed by atoms with van der Waals surface area (Å²) in [4.78, 5) is 6.64. The highest BCUT2D eigenvalue weighted by Gasteiger charge is 2.35. The van der Waals surface area contributed by atoms with Crippen LogP contribution >= 0.6 is 0 Å². The Hall–Kier alpha value is -2.31. The van der Waals surface area contributed by atoms with Crippen LogP contribution in [-0.2, 0) is 12.6 Å². The lowest BCUT2D eigenvalue weighted by molar-refractivity contribution is -0.144. The summed E-state index contributed by atoms with van der Waals surface area (Å²) >= 11 is 0. The molecule has 0 radical (unpaired) electrons. The average Bonchev–Trinajstić information content (AvgIpc) is 2.37.